The molecular weight excluding hydrogens is 242 g/mol. The van der Waals surface area contributed by atoms with Gasteiger partial charge < -0.3 is 15.2 Å². The zero-order chi connectivity index (χ0) is 13.4. The van der Waals surface area contributed by atoms with Crippen LogP contribution in [0, 0.1) is 0 Å². The van der Waals surface area contributed by atoms with Crippen molar-refractivity contribution in [3.63, 3.8) is 0 Å². The maximum absolute atomic E-state index is 12.0. The van der Waals surface area contributed by atoms with Crippen molar-refractivity contribution in [2.75, 3.05) is 13.1 Å². The van der Waals surface area contributed by atoms with E-state index in [0.717, 1.165) is 30.4 Å². The molecule has 0 aliphatic carbocycles. The maximum atomic E-state index is 12.0. The molecule has 0 radical (unpaired) electrons. The highest BCUT2D eigenvalue weighted by atomic mass is 16.2. The summed E-state index contributed by atoms with van der Waals surface area (Å²) in [6.07, 6.45) is 2.75. The number of primary amides is 1. The molecule has 0 bridgehead atoms. The van der Waals surface area contributed by atoms with Gasteiger partial charge in [0.1, 0.15) is 6.54 Å². The number of carbonyl (C=O) groups is 2. The fourth-order valence-corrected chi connectivity index (χ4v) is 2.39. The number of hydrogen-bond donors (Lipinski definition) is 1. The molecule has 0 atom stereocenters. The fourth-order valence-electron chi connectivity index (χ4n) is 2.39. The summed E-state index contributed by atoms with van der Waals surface area (Å²) in [5.41, 5.74) is 6.70. The first-order valence-electron chi connectivity index (χ1n) is 6.32. The largest absolute Gasteiger partial charge is 0.366 e. The molecule has 1 aliphatic rings. The second kappa shape index (κ2) is 4.42. The lowest BCUT2D eigenvalue weighted by Crippen LogP contribution is -2.43. The van der Waals surface area contributed by atoms with Crippen molar-refractivity contribution in [3.8, 4) is 0 Å². The average Bonchev–Trinajstić information content (AvgIpc) is 2.66. The monoisotopic (exact) mass is 257 g/mol. The van der Waals surface area contributed by atoms with Crippen LogP contribution in [0.2, 0.25) is 0 Å². The molecule has 2 aromatic rings. The van der Waals surface area contributed by atoms with Gasteiger partial charge in [-0.05, 0) is 12.5 Å². The van der Waals surface area contributed by atoms with Crippen molar-refractivity contribution in [2.45, 2.75) is 13.0 Å². The van der Waals surface area contributed by atoms with Crippen LogP contribution in [0.5, 0.6) is 0 Å². The van der Waals surface area contributed by atoms with Gasteiger partial charge in [0.15, 0.2) is 0 Å². The Kier molecular flexibility index (Phi) is 2.74. The topological polar surface area (TPSA) is 68.3 Å². The Hall–Kier alpha value is -2.30. The highest BCUT2D eigenvalue weighted by Gasteiger charge is 2.21. The number of rotatable bonds is 3. The highest BCUT2D eigenvalue weighted by molar-refractivity contribution is 6.06. The van der Waals surface area contributed by atoms with Crippen LogP contribution in [0.3, 0.4) is 0 Å². The number of hydrogen-bond acceptors (Lipinski definition) is 2. The van der Waals surface area contributed by atoms with Crippen LogP contribution in [0.15, 0.2) is 30.5 Å². The fraction of sp³-hybridized carbons (Fsp3) is 0.286. The van der Waals surface area contributed by atoms with Gasteiger partial charge in [-0.1, -0.05) is 18.2 Å². The SMILES string of the molecule is NC(=O)c1cn(CC(=O)N2CCC2)c2ccccc12. The summed E-state index contributed by atoms with van der Waals surface area (Å²) < 4.78 is 1.80. The standard InChI is InChI=1S/C14H15N3O2/c15-14(19)11-8-17(9-13(18)16-6-3-7-16)12-5-2-1-4-10(11)12/h1-2,4-5,8H,3,6-7,9H2,(H2,15,19). The quantitative estimate of drug-likeness (QED) is 0.890. The third-order valence-corrected chi connectivity index (χ3v) is 3.57. The third-order valence-electron chi connectivity index (χ3n) is 3.57. The van der Waals surface area contributed by atoms with Crippen molar-refractivity contribution in [2.24, 2.45) is 5.73 Å². The highest BCUT2D eigenvalue weighted by Crippen LogP contribution is 2.21. The molecule has 98 valence electrons. The molecule has 3 rings (SSSR count). The molecule has 2 heterocycles. The van der Waals surface area contributed by atoms with Gasteiger partial charge in [-0.25, -0.2) is 0 Å². The number of nitrogens with two attached hydrogens (primary N) is 1. The predicted molar refractivity (Wildman–Crippen MR) is 71.7 cm³/mol. The van der Waals surface area contributed by atoms with Crippen LogP contribution in [0.1, 0.15) is 16.8 Å². The van der Waals surface area contributed by atoms with Crippen LogP contribution < -0.4 is 5.73 Å². The van der Waals surface area contributed by atoms with E-state index >= 15 is 0 Å². The number of benzene rings is 1. The summed E-state index contributed by atoms with van der Waals surface area (Å²) in [5, 5.41) is 0.798. The van der Waals surface area contributed by atoms with Gasteiger partial charge in [-0.2, -0.15) is 0 Å². The van der Waals surface area contributed by atoms with Gasteiger partial charge in [0, 0.05) is 30.2 Å². The zero-order valence-electron chi connectivity index (χ0n) is 10.5. The molecule has 0 saturated carbocycles. The van der Waals surface area contributed by atoms with Crippen LogP contribution >= 0.6 is 0 Å². The Balaban J connectivity index is 1.98. The van der Waals surface area contributed by atoms with Crippen LogP contribution in [-0.2, 0) is 11.3 Å². The van der Waals surface area contributed by atoms with Gasteiger partial charge in [0.05, 0.1) is 5.56 Å². The zero-order valence-corrected chi connectivity index (χ0v) is 10.5. The van der Waals surface area contributed by atoms with Crippen molar-refractivity contribution in [1.29, 1.82) is 0 Å². The minimum absolute atomic E-state index is 0.0861. The Labute approximate surface area is 110 Å². The van der Waals surface area contributed by atoms with Crippen molar-refractivity contribution in [1.82, 2.24) is 9.47 Å². The van der Waals surface area contributed by atoms with Gasteiger partial charge in [-0.15, -0.1) is 0 Å². The number of para-hydroxylation sites is 1. The summed E-state index contributed by atoms with van der Waals surface area (Å²) in [5.74, 6) is -0.380. The van der Waals surface area contributed by atoms with Crippen LogP contribution in [-0.4, -0.2) is 34.4 Å². The van der Waals surface area contributed by atoms with Gasteiger partial charge in [-0.3, -0.25) is 9.59 Å². The normalized spacial score (nSPS) is 14.4. The lowest BCUT2D eigenvalue weighted by molar-refractivity contribution is -0.135. The summed E-state index contributed by atoms with van der Waals surface area (Å²) in [6.45, 7) is 1.93. The van der Waals surface area contributed by atoms with Crippen molar-refractivity contribution < 1.29 is 9.59 Å². The molecule has 0 unspecified atom stereocenters. The minimum atomic E-state index is -0.466. The molecule has 0 spiro atoms. The number of fused-ring (bicyclic) bond motifs is 1. The second-order valence-corrected chi connectivity index (χ2v) is 4.79. The van der Waals surface area contributed by atoms with E-state index in [4.69, 9.17) is 5.73 Å². The first-order chi connectivity index (χ1) is 9.16. The summed E-state index contributed by atoms with van der Waals surface area (Å²) in [6, 6.07) is 7.49. The van der Waals surface area contributed by atoms with E-state index in [1.54, 1.807) is 10.8 Å². The van der Waals surface area contributed by atoms with E-state index in [-0.39, 0.29) is 12.5 Å². The van der Waals surface area contributed by atoms with Gasteiger partial charge >= 0.3 is 0 Å². The number of carbonyl (C=O) groups excluding carboxylic acids is 2. The Morgan fingerprint density at radius 1 is 1.21 bits per heavy atom. The first kappa shape index (κ1) is 11.8. The van der Waals surface area contributed by atoms with E-state index in [1.807, 2.05) is 29.2 Å². The maximum Gasteiger partial charge on any atom is 0.250 e. The summed E-state index contributed by atoms with van der Waals surface area (Å²) >= 11 is 0. The molecule has 2 amide bonds. The van der Waals surface area contributed by atoms with Gasteiger partial charge in [0.2, 0.25) is 5.91 Å². The van der Waals surface area contributed by atoms with E-state index in [1.165, 1.54) is 0 Å². The molecule has 5 nitrogen and oxygen atoms in total. The minimum Gasteiger partial charge on any atom is -0.366 e. The molecule has 1 saturated heterocycles. The van der Waals surface area contributed by atoms with Crippen LogP contribution in [0.25, 0.3) is 10.9 Å². The molecule has 1 aromatic carbocycles. The van der Waals surface area contributed by atoms with E-state index in [0.29, 0.717) is 5.56 Å². The van der Waals surface area contributed by atoms with Gasteiger partial charge in [0.25, 0.3) is 5.91 Å². The number of nitrogens with zero attached hydrogens (tertiary/aromatic N) is 2. The summed E-state index contributed by atoms with van der Waals surface area (Å²) in [4.78, 5) is 25.3. The van der Waals surface area contributed by atoms with E-state index in [9.17, 15) is 9.59 Å². The van der Waals surface area contributed by atoms with Crippen molar-refractivity contribution in [3.05, 3.63) is 36.0 Å². The molecular formula is C14H15N3O2. The third kappa shape index (κ3) is 1.97. The lowest BCUT2D eigenvalue weighted by Gasteiger charge is -2.31. The van der Waals surface area contributed by atoms with Crippen molar-refractivity contribution >= 4 is 22.7 Å². The first-order valence-corrected chi connectivity index (χ1v) is 6.32. The second-order valence-electron chi connectivity index (χ2n) is 4.79. The molecule has 1 fully saturated rings. The number of aromatic nitrogens is 1. The number of likely N-dealkylation sites (tertiary alicyclic amines) is 1. The molecule has 5 heteroatoms. The average molecular weight is 257 g/mol. The van der Waals surface area contributed by atoms with E-state index in [2.05, 4.69) is 0 Å². The Morgan fingerprint density at radius 3 is 2.58 bits per heavy atom. The molecule has 1 aromatic heterocycles. The smallest absolute Gasteiger partial charge is 0.250 e. The predicted octanol–water partition coefficient (Wildman–Crippen LogP) is 0.972. The van der Waals surface area contributed by atoms with E-state index < -0.39 is 5.91 Å². The Morgan fingerprint density at radius 2 is 1.95 bits per heavy atom. The van der Waals surface area contributed by atoms with Crippen LogP contribution in [0.4, 0.5) is 0 Å². The lowest BCUT2D eigenvalue weighted by atomic mass is 10.2. The summed E-state index contributed by atoms with van der Waals surface area (Å²) in [7, 11) is 0. The molecule has 19 heavy (non-hydrogen) atoms. The molecule has 2 N–H and O–H groups in total. The molecule has 1 aliphatic heterocycles. The Bertz CT molecular complexity index is 656. The number of amides is 2.